The highest BCUT2D eigenvalue weighted by Crippen LogP contribution is 2.37. The van der Waals surface area contributed by atoms with Gasteiger partial charge in [0, 0.05) is 20.9 Å². The van der Waals surface area contributed by atoms with Crippen LogP contribution in [0.15, 0.2) is 40.8 Å². The van der Waals surface area contributed by atoms with E-state index < -0.39 is 0 Å². The van der Waals surface area contributed by atoms with E-state index >= 15 is 0 Å². The van der Waals surface area contributed by atoms with Crippen LogP contribution in [0.2, 0.25) is 0 Å². The first-order valence-electron chi connectivity index (χ1n) is 7.20. The van der Waals surface area contributed by atoms with Gasteiger partial charge in [-0.2, -0.15) is 11.8 Å². The Morgan fingerprint density at radius 1 is 1.24 bits per heavy atom. The molecule has 2 aromatic heterocycles. The Kier molecular flexibility index (Phi) is 3.53. The maximum Gasteiger partial charge on any atom is 0.134 e. The lowest BCUT2D eigenvalue weighted by molar-refractivity contribution is 0.495. The maximum atomic E-state index is 6.05. The van der Waals surface area contributed by atoms with Crippen molar-refractivity contribution in [3.63, 3.8) is 0 Å². The smallest absolute Gasteiger partial charge is 0.134 e. The molecule has 0 spiro atoms. The molecule has 0 amide bonds. The van der Waals surface area contributed by atoms with Crippen LogP contribution in [0.3, 0.4) is 0 Å². The molecule has 0 aliphatic carbocycles. The van der Waals surface area contributed by atoms with Crippen molar-refractivity contribution in [3.8, 4) is 0 Å². The Labute approximate surface area is 132 Å². The number of hydrogen-bond acceptors (Lipinski definition) is 4. The molecule has 1 N–H and O–H groups in total. The lowest BCUT2D eigenvalue weighted by Crippen LogP contribution is -2.15. The van der Waals surface area contributed by atoms with Gasteiger partial charge >= 0.3 is 0 Å². The van der Waals surface area contributed by atoms with Crippen molar-refractivity contribution >= 4 is 34.1 Å². The molecule has 1 unspecified atom stereocenters. The number of aryl methyl sites for hydroxylation is 1. The zero-order valence-corrected chi connectivity index (χ0v) is 13.5. The monoisotopic (exact) mass is 315 g/mol. The van der Waals surface area contributed by atoms with E-state index in [1.807, 2.05) is 42.3 Å². The molecule has 108 valence electrons. The van der Waals surface area contributed by atoms with Crippen molar-refractivity contribution in [1.82, 2.24) is 5.32 Å². The van der Waals surface area contributed by atoms with Gasteiger partial charge in [0.05, 0.1) is 0 Å². The van der Waals surface area contributed by atoms with Crippen LogP contribution in [0.1, 0.15) is 27.1 Å². The van der Waals surface area contributed by atoms with E-state index in [-0.39, 0.29) is 6.04 Å². The molecule has 0 saturated heterocycles. The van der Waals surface area contributed by atoms with Crippen molar-refractivity contribution in [2.45, 2.75) is 18.2 Å². The van der Waals surface area contributed by atoms with Crippen molar-refractivity contribution in [2.75, 3.05) is 12.8 Å². The van der Waals surface area contributed by atoms with Crippen LogP contribution >= 0.6 is 23.1 Å². The molecule has 4 heteroatoms. The van der Waals surface area contributed by atoms with E-state index in [0.29, 0.717) is 0 Å². The number of rotatable bonds is 3. The number of hydrogen-bond donors (Lipinski definition) is 1. The normalized spacial score (nSPS) is 16.0. The Morgan fingerprint density at radius 2 is 2.14 bits per heavy atom. The van der Waals surface area contributed by atoms with Gasteiger partial charge in [0.2, 0.25) is 0 Å². The number of furan rings is 1. The average molecular weight is 315 g/mol. The van der Waals surface area contributed by atoms with Crippen LogP contribution in [-0.4, -0.2) is 12.8 Å². The van der Waals surface area contributed by atoms with Crippen LogP contribution in [0.5, 0.6) is 0 Å². The molecule has 3 heterocycles. The van der Waals surface area contributed by atoms with Gasteiger partial charge in [0.25, 0.3) is 0 Å². The van der Waals surface area contributed by atoms with E-state index in [2.05, 4.69) is 29.6 Å². The third kappa shape index (κ3) is 2.41. The number of benzene rings is 1. The van der Waals surface area contributed by atoms with E-state index in [0.717, 1.165) is 17.1 Å². The zero-order chi connectivity index (χ0) is 14.2. The van der Waals surface area contributed by atoms with Crippen LogP contribution in [0.25, 0.3) is 11.0 Å². The first-order valence-corrected chi connectivity index (χ1v) is 9.17. The van der Waals surface area contributed by atoms with Gasteiger partial charge in [-0.3, -0.25) is 0 Å². The molecule has 21 heavy (non-hydrogen) atoms. The molecule has 0 radical (unpaired) electrons. The average Bonchev–Trinajstić information content (AvgIpc) is 3.11. The summed E-state index contributed by atoms with van der Waals surface area (Å²) >= 11 is 3.97. The second kappa shape index (κ2) is 5.52. The molecule has 0 saturated carbocycles. The lowest BCUT2D eigenvalue weighted by Gasteiger charge is -2.11. The summed E-state index contributed by atoms with van der Waals surface area (Å²) in [4.78, 5) is 2.92. The van der Waals surface area contributed by atoms with Gasteiger partial charge in [-0.1, -0.05) is 18.2 Å². The second-order valence-corrected chi connectivity index (χ2v) is 7.58. The standard InChI is InChI=1S/C17H17NOS2/c1-18-17(14-8-11-4-2-3-5-13(11)19-14)16-9-12-10-20-7-6-15(12)21-16/h2-5,8-9,17-18H,6-7,10H2,1H3. The number of thioether (sulfide) groups is 1. The van der Waals surface area contributed by atoms with Crippen LogP contribution < -0.4 is 5.32 Å². The Bertz CT molecular complexity index is 718. The predicted octanol–water partition coefficient (Wildman–Crippen LogP) is 4.59. The van der Waals surface area contributed by atoms with Crippen molar-refractivity contribution < 1.29 is 4.42 Å². The summed E-state index contributed by atoms with van der Waals surface area (Å²) in [5.41, 5.74) is 2.48. The highest BCUT2D eigenvalue weighted by atomic mass is 32.2. The van der Waals surface area contributed by atoms with E-state index in [9.17, 15) is 0 Å². The summed E-state index contributed by atoms with van der Waals surface area (Å²) in [6.45, 7) is 0. The fourth-order valence-corrected chi connectivity index (χ4v) is 5.38. The second-order valence-electron chi connectivity index (χ2n) is 5.31. The summed E-state index contributed by atoms with van der Waals surface area (Å²) in [6, 6.07) is 12.9. The Hall–Kier alpha value is -1.23. The molecule has 1 aliphatic rings. The van der Waals surface area contributed by atoms with Crippen molar-refractivity contribution in [2.24, 2.45) is 0 Å². The first-order chi connectivity index (χ1) is 10.3. The van der Waals surface area contributed by atoms with Crippen molar-refractivity contribution in [3.05, 3.63) is 57.5 Å². The first kappa shape index (κ1) is 13.4. The summed E-state index contributed by atoms with van der Waals surface area (Å²) in [5, 5.41) is 4.59. The van der Waals surface area contributed by atoms with E-state index in [4.69, 9.17) is 4.42 Å². The fraction of sp³-hybridized carbons (Fsp3) is 0.294. The van der Waals surface area contributed by atoms with Gasteiger partial charge in [0.15, 0.2) is 0 Å². The van der Waals surface area contributed by atoms with Crippen LogP contribution in [0, 0.1) is 0 Å². The van der Waals surface area contributed by atoms with Gasteiger partial charge < -0.3 is 9.73 Å². The van der Waals surface area contributed by atoms with E-state index in [1.165, 1.54) is 28.0 Å². The summed E-state index contributed by atoms with van der Waals surface area (Å²) in [6.07, 6.45) is 1.21. The minimum Gasteiger partial charge on any atom is -0.459 e. The fourth-order valence-electron chi connectivity index (χ4n) is 2.88. The SMILES string of the molecule is CNC(c1cc2ccccc2o1)c1cc2c(s1)CCSC2. The number of nitrogens with one attached hydrogen (secondary N) is 1. The number of thiophene rings is 1. The Balaban J connectivity index is 1.75. The third-order valence-electron chi connectivity index (χ3n) is 3.95. The molecule has 3 aromatic rings. The zero-order valence-electron chi connectivity index (χ0n) is 11.9. The molecular weight excluding hydrogens is 298 g/mol. The molecule has 2 nitrogen and oxygen atoms in total. The lowest BCUT2D eigenvalue weighted by atomic mass is 10.1. The maximum absolute atomic E-state index is 6.05. The highest BCUT2D eigenvalue weighted by molar-refractivity contribution is 7.98. The molecule has 1 atom stereocenters. The quantitative estimate of drug-likeness (QED) is 0.765. The highest BCUT2D eigenvalue weighted by Gasteiger charge is 2.22. The van der Waals surface area contributed by atoms with Crippen LogP contribution in [0.4, 0.5) is 0 Å². The molecule has 4 rings (SSSR count). The molecule has 1 aliphatic heterocycles. The molecule has 0 fully saturated rings. The van der Waals surface area contributed by atoms with E-state index in [1.54, 1.807) is 4.88 Å². The number of para-hydroxylation sites is 1. The Morgan fingerprint density at radius 3 is 2.95 bits per heavy atom. The number of fused-ring (bicyclic) bond motifs is 2. The van der Waals surface area contributed by atoms with Gasteiger partial charge in [0.1, 0.15) is 17.4 Å². The summed E-state index contributed by atoms with van der Waals surface area (Å²) in [7, 11) is 2.01. The summed E-state index contributed by atoms with van der Waals surface area (Å²) < 4.78 is 6.05. The third-order valence-corrected chi connectivity index (χ3v) is 6.26. The van der Waals surface area contributed by atoms with Crippen molar-refractivity contribution in [1.29, 1.82) is 0 Å². The minimum atomic E-state index is 0.151. The van der Waals surface area contributed by atoms with Gasteiger partial charge in [-0.25, -0.2) is 0 Å². The largest absolute Gasteiger partial charge is 0.459 e. The summed E-state index contributed by atoms with van der Waals surface area (Å²) in [5.74, 6) is 3.41. The van der Waals surface area contributed by atoms with Gasteiger partial charge in [-0.05, 0) is 43.0 Å². The topological polar surface area (TPSA) is 25.2 Å². The van der Waals surface area contributed by atoms with Crippen LogP contribution in [-0.2, 0) is 12.2 Å². The molecule has 0 bridgehead atoms. The molecule has 1 aromatic carbocycles. The molecular formula is C17H17NOS2. The van der Waals surface area contributed by atoms with Gasteiger partial charge in [-0.15, -0.1) is 11.3 Å². The minimum absolute atomic E-state index is 0.151. The predicted molar refractivity (Wildman–Crippen MR) is 91.3 cm³/mol.